The van der Waals surface area contributed by atoms with Crippen molar-refractivity contribution in [1.29, 1.82) is 0 Å². The average Bonchev–Trinajstić information content (AvgIpc) is 2.18. The van der Waals surface area contributed by atoms with Gasteiger partial charge in [0.05, 0.1) is 6.61 Å². The van der Waals surface area contributed by atoms with Crippen molar-refractivity contribution in [3.63, 3.8) is 0 Å². The zero-order valence-electron chi connectivity index (χ0n) is 7.50. The molecule has 0 saturated heterocycles. The quantitative estimate of drug-likeness (QED) is 0.420. The molecule has 0 fully saturated rings. The average molecular weight is 416 g/mol. The molecule has 0 aliphatic heterocycles. The summed E-state index contributed by atoms with van der Waals surface area (Å²) in [6.45, 7) is 1.00. The summed E-state index contributed by atoms with van der Waals surface area (Å²) in [7, 11) is 0. The van der Waals surface area contributed by atoms with Crippen LogP contribution in [0.3, 0.4) is 0 Å². The molecule has 1 aromatic rings. The summed E-state index contributed by atoms with van der Waals surface area (Å²) in [5, 5.41) is 0. The molecule has 0 atom stereocenters. The van der Waals surface area contributed by atoms with Crippen LogP contribution in [-0.2, 0) is 16.0 Å². The number of ether oxygens (including phenoxy) is 1. The van der Waals surface area contributed by atoms with Crippen LogP contribution in [0.5, 0.6) is 0 Å². The van der Waals surface area contributed by atoms with Gasteiger partial charge in [0, 0.05) is 7.14 Å². The summed E-state index contributed by atoms with van der Waals surface area (Å²) in [4.78, 5) is 9.89. The minimum atomic E-state index is 0.498. The first-order valence-electron chi connectivity index (χ1n) is 4.23. The number of carbonyl (C=O) groups is 1. The van der Waals surface area contributed by atoms with Crippen LogP contribution in [0.15, 0.2) is 18.2 Å². The fraction of sp³-hybridized carbons (Fsp3) is 0.300. The van der Waals surface area contributed by atoms with Crippen molar-refractivity contribution in [1.82, 2.24) is 0 Å². The van der Waals surface area contributed by atoms with Crippen molar-refractivity contribution >= 4 is 51.7 Å². The van der Waals surface area contributed by atoms with Gasteiger partial charge in [0.1, 0.15) is 0 Å². The van der Waals surface area contributed by atoms with Gasteiger partial charge in [0.15, 0.2) is 0 Å². The molecule has 0 aromatic heterocycles. The van der Waals surface area contributed by atoms with Crippen molar-refractivity contribution in [2.75, 3.05) is 6.61 Å². The zero-order valence-corrected chi connectivity index (χ0v) is 11.8. The zero-order chi connectivity index (χ0) is 10.4. The second-order valence-electron chi connectivity index (χ2n) is 2.82. The van der Waals surface area contributed by atoms with Gasteiger partial charge in [-0.25, -0.2) is 0 Å². The highest BCUT2D eigenvalue weighted by atomic mass is 127. The Kier molecular flexibility index (Phi) is 5.76. The Morgan fingerprint density at radius 3 is 2.71 bits per heavy atom. The Morgan fingerprint density at radius 2 is 2.07 bits per heavy atom. The van der Waals surface area contributed by atoms with E-state index in [1.54, 1.807) is 0 Å². The molecule has 0 aliphatic rings. The van der Waals surface area contributed by atoms with Crippen LogP contribution in [0.4, 0.5) is 0 Å². The molecule has 76 valence electrons. The summed E-state index contributed by atoms with van der Waals surface area (Å²) in [5.41, 5.74) is 1.30. The standard InChI is InChI=1S/C10H10I2O2/c11-9-4-3-8(6-10(9)12)2-1-5-14-7-13/h3-4,6-7H,1-2,5H2. The van der Waals surface area contributed by atoms with Gasteiger partial charge in [0.2, 0.25) is 0 Å². The molecule has 0 saturated carbocycles. The molecule has 0 amide bonds. The molecule has 0 aliphatic carbocycles. The van der Waals surface area contributed by atoms with E-state index in [4.69, 9.17) is 0 Å². The monoisotopic (exact) mass is 416 g/mol. The molecule has 4 heteroatoms. The van der Waals surface area contributed by atoms with Gasteiger partial charge in [-0.05, 0) is 75.7 Å². The van der Waals surface area contributed by atoms with Crippen LogP contribution in [0, 0.1) is 7.14 Å². The first-order valence-corrected chi connectivity index (χ1v) is 6.39. The Morgan fingerprint density at radius 1 is 1.29 bits per heavy atom. The minimum Gasteiger partial charge on any atom is -0.468 e. The number of halogens is 2. The predicted octanol–water partition coefficient (Wildman–Crippen LogP) is 3.00. The van der Waals surface area contributed by atoms with E-state index in [1.165, 1.54) is 12.7 Å². The molecule has 0 unspecified atom stereocenters. The molecule has 0 N–H and O–H groups in total. The maximum absolute atomic E-state index is 9.89. The third-order valence-corrected chi connectivity index (χ3v) is 4.64. The van der Waals surface area contributed by atoms with Crippen LogP contribution in [0.2, 0.25) is 0 Å². The van der Waals surface area contributed by atoms with Gasteiger partial charge in [0.25, 0.3) is 6.47 Å². The molecule has 14 heavy (non-hydrogen) atoms. The van der Waals surface area contributed by atoms with Crippen LogP contribution >= 0.6 is 45.2 Å². The third-order valence-electron chi connectivity index (χ3n) is 1.78. The topological polar surface area (TPSA) is 26.3 Å². The second kappa shape index (κ2) is 6.60. The predicted molar refractivity (Wildman–Crippen MR) is 72.2 cm³/mol. The summed E-state index contributed by atoms with van der Waals surface area (Å²) in [5.74, 6) is 0. The van der Waals surface area contributed by atoms with E-state index in [0.29, 0.717) is 13.1 Å². The van der Waals surface area contributed by atoms with Crippen molar-refractivity contribution < 1.29 is 9.53 Å². The van der Waals surface area contributed by atoms with E-state index in [2.05, 4.69) is 68.1 Å². The molecule has 0 radical (unpaired) electrons. The number of benzene rings is 1. The molecule has 2 nitrogen and oxygen atoms in total. The Balaban J connectivity index is 2.43. The fourth-order valence-corrected chi connectivity index (χ4v) is 2.02. The lowest BCUT2D eigenvalue weighted by Crippen LogP contribution is -1.95. The molecular formula is C10H10I2O2. The van der Waals surface area contributed by atoms with E-state index in [0.717, 1.165) is 12.8 Å². The van der Waals surface area contributed by atoms with Crippen LogP contribution in [0.25, 0.3) is 0 Å². The molecule has 1 rings (SSSR count). The summed E-state index contributed by atoms with van der Waals surface area (Å²) in [6, 6.07) is 6.40. The largest absolute Gasteiger partial charge is 0.468 e. The van der Waals surface area contributed by atoms with Crippen molar-refractivity contribution in [2.45, 2.75) is 12.8 Å². The number of hydrogen-bond acceptors (Lipinski definition) is 2. The van der Waals surface area contributed by atoms with Crippen LogP contribution in [0.1, 0.15) is 12.0 Å². The van der Waals surface area contributed by atoms with Gasteiger partial charge in [-0.15, -0.1) is 0 Å². The Hall–Kier alpha value is 0.150. The van der Waals surface area contributed by atoms with Crippen molar-refractivity contribution in [2.24, 2.45) is 0 Å². The second-order valence-corrected chi connectivity index (χ2v) is 5.14. The maximum Gasteiger partial charge on any atom is 0.293 e. The molecule has 0 heterocycles. The smallest absolute Gasteiger partial charge is 0.293 e. The minimum absolute atomic E-state index is 0.498. The lowest BCUT2D eigenvalue weighted by molar-refractivity contribution is -0.128. The van der Waals surface area contributed by atoms with Gasteiger partial charge < -0.3 is 4.74 Å². The Bertz CT molecular complexity index is 313. The Labute approximate surface area is 111 Å². The number of hydrogen-bond donors (Lipinski definition) is 0. The highest BCUT2D eigenvalue weighted by Crippen LogP contribution is 2.17. The van der Waals surface area contributed by atoms with Gasteiger partial charge in [-0.1, -0.05) is 6.07 Å². The van der Waals surface area contributed by atoms with Crippen molar-refractivity contribution in [3.05, 3.63) is 30.9 Å². The number of rotatable bonds is 5. The first-order chi connectivity index (χ1) is 6.74. The molecule has 0 bridgehead atoms. The first kappa shape index (κ1) is 12.2. The number of aryl methyl sites for hydroxylation is 1. The van der Waals surface area contributed by atoms with Gasteiger partial charge in [-0.3, -0.25) is 4.79 Å². The van der Waals surface area contributed by atoms with E-state index >= 15 is 0 Å². The summed E-state index contributed by atoms with van der Waals surface area (Å²) in [6.07, 6.45) is 1.84. The SMILES string of the molecule is O=COCCCc1ccc(I)c(I)c1. The molecule has 0 spiro atoms. The van der Waals surface area contributed by atoms with Crippen LogP contribution < -0.4 is 0 Å². The summed E-state index contributed by atoms with van der Waals surface area (Å²) >= 11 is 4.64. The lowest BCUT2D eigenvalue weighted by atomic mass is 10.1. The highest BCUT2D eigenvalue weighted by Gasteiger charge is 1.98. The van der Waals surface area contributed by atoms with E-state index in [1.807, 2.05) is 0 Å². The molecule has 1 aromatic carbocycles. The van der Waals surface area contributed by atoms with Crippen molar-refractivity contribution in [3.8, 4) is 0 Å². The van der Waals surface area contributed by atoms with Gasteiger partial charge in [-0.2, -0.15) is 0 Å². The molecular weight excluding hydrogens is 406 g/mol. The van der Waals surface area contributed by atoms with Crippen LogP contribution in [-0.4, -0.2) is 13.1 Å². The van der Waals surface area contributed by atoms with E-state index < -0.39 is 0 Å². The third kappa shape index (κ3) is 4.12. The van der Waals surface area contributed by atoms with E-state index in [9.17, 15) is 4.79 Å². The normalized spacial score (nSPS) is 9.86. The maximum atomic E-state index is 9.89. The van der Waals surface area contributed by atoms with Gasteiger partial charge >= 0.3 is 0 Å². The summed E-state index contributed by atoms with van der Waals surface area (Å²) < 4.78 is 7.17. The van der Waals surface area contributed by atoms with E-state index in [-0.39, 0.29) is 0 Å². The highest BCUT2D eigenvalue weighted by molar-refractivity contribution is 14.1. The number of carbonyl (C=O) groups excluding carboxylic acids is 1. The fourth-order valence-electron chi connectivity index (χ4n) is 1.10. The lowest BCUT2D eigenvalue weighted by Gasteiger charge is -2.02.